The molecule has 48 heavy (non-hydrogen) atoms. The fraction of sp³-hybridized carbons (Fsp3) is 0.595. The van der Waals surface area contributed by atoms with E-state index in [0.717, 1.165) is 16.8 Å². The molecule has 11 heteroatoms. The molecule has 0 spiro atoms. The van der Waals surface area contributed by atoms with Crippen LogP contribution in [0.2, 0.25) is 0 Å². The Hall–Kier alpha value is -3.35. The molecule has 0 aliphatic carbocycles. The minimum Gasteiger partial charge on any atom is -0.466 e. The number of hydrogen-bond acceptors (Lipinski definition) is 11. The van der Waals surface area contributed by atoms with Gasteiger partial charge >= 0.3 is 11.9 Å². The number of esters is 2. The maximum absolute atomic E-state index is 13.1. The summed E-state index contributed by atoms with van der Waals surface area (Å²) in [7, 11) is 1.57. The number of cyclic esters (lactones) is 1. The number of oxazole rings is 1. The molecule has 0 radical (unpaired) electrons. The molecule has 9 unspecified atom stereocenters. The van der Waals surface area contributed by atoms with Crippen molar-refractivity contribution in [1.82, 2.24) is 4.98 Å². The summed E-state index contributed by atoms with van der Waals surface area (Å²) in [6, 6.07) is 0. The summed E-state index contributed by atoms with van der Waals surface area (Å²) in [6.45, 7) is 12.9. The van der Waals surface area contributed by atoms with Crippen molar-refractivity contribution in [3.05, 3.63) is 71.0 Å². The molecule has 1 aromatic heterocycles. The Labute approximate surface area is 284 Å². The maximum atomic E-state index is 13.1. The topological polar surface area (TPSA) is 161 Å². The smallest absolute Gasteiger partial charge is 0.330 e. The molecule has 0 bridgehead atoms. The van der Waals surface area contributed by atoms with E-state index in [2.05, 4.69) is 4.98 Å². The first-order valence-corrected chi connectivity index (χ1v) is 16.6. The van der Waals surface area contributed by atoms with Gasteiger partial charge in [0, 0.05) is 38.9 Å². The molecule has 11 nitrogen and oxygen atoms in total. The molecule has 3 rings (SSSR count). The Morgan fingerprint density at radius 3 is 2.58 bits per heavy atom. The van der Waals surface area contributed by atoms with Gasteiger partial charge < -0.3 is 38.7 Å². The molecule has 0 saturated carbocycles. The zero-order chi connectivity index (χ0) is 35.6. The van der Waals surface area contributed by atoms with Crippen molar-refractivity contribution in [3.8, 4) is 0 Å². The standard InChI is InChI=1S/C37H53NO10/c1-9-45-34(42)19-27-14-11-15-33(41)47-31(20-30(40)36(43)37(7)32(48-37)17-24(4)29(39)18-27)25(5)35(44-8)23(3)13-10-12-22(2)16-28-21-46-26(6)38-28/h10-13,15-17,21,25,27,29-32,35-36,39-40,43H,9,14,18-20H2,1-8H3/b12-10+,15-11-,22-16+,23-13-,24-17-. The van der Waals surface area contributed by atoms with E-state index in [1.807, 2.05) is 45.1 Å². The zero-order valence-corrected chi connectivity index (χ0v) is 29.4. The number of carbonyl (C=O) groups is 2. The number of epoxide rings is 1. The van der Waals surface area contributed by atoms with Crippen LogP contribution in [0.4, 0.5) is 0 Å². The van der Waals surface area contributed by atoms with Crippen molar-refractivity contribution in [1.29, 1.82) is 0 Å². The fourth-order valence-electron chi connectivity index (χ4n) is 6.10. The molecule has 3 heterocycles. The van der Waals surface area contributed by atoms with Crippen LogP contribution in [0.1, 0.15) is 78.8 Å². The van der Waals surface area contributed by atoms with Gasteiger partial charge in [-0.25, -0.2) is 9.78 Å². The maximum Gasteiger partial charge on any atom is 0.330 e. The van der Waals surface area contributed by atoms with Crippen LogP contribution in [0.3, 0.4) is 0 Å². The van der Waals surface area contributed by atoms with E-state index < -0.39 is 54.1 Å². The van der Waals surface area contributed by atoms with Gasteiger partial charge in [0.2, 0.25) is 0 Å². The summed E-state index contributed by atoms with van der Waals surface area (Å²) in [6.07, 6.45) is 9.11. The molecule has 1 fully saturated rings. The predicted octanol–water partition coefficient (Wildman–Crippen LogP) is 4.95. The van der Waals surface area contributed by atoms with Gasteiger partial charge in [-0.3, -0.25) is 4.79 Å². The number of hydrogen-bond donors (Lipinski definition) is 3. The number of methoxy groups -OCH3 is 1. The van der Waals surface area contributed by atoms with Crippen molar-refractivity contribution in [2.75, 3.05) is 13.7 Å². The van der Waals surface area contributed by atoms with Gasteiger partial charge in [0.15, 0.2) is 5.89 Å². The van der Waals surface area contributed by atoms with Crippen LogP contribution in [0.25, 0.3) is 6.08 Å². The van der Waals surface area contributed by atoms with Gasteiger partial charge in [0.25, 0.3) is 0 Å². The third-order valence-electron chi connectivity index (χ3n) is 9.06. The molecule has 1 saturated heterocycles. The highest BCUT2D eigenvalue weighted by Gasteiger charge is 2.58. The second-order valence-corrected chi connectivity index (χ2v) is 13.1. The summed E-state index contributed by atoms with van der Waals surface area (Å²) in [5.74, 6) is -1.16. The quantitative estimate of drug-likeness (QED) is 0.134. The lowest BCUT2D eigenvalue weighted by Gasteiger charge is -2.33. The van der Waals surface area contributed by atoms with E-state index in [0.29, 0.717) is 17.9 Å². The lowest BCUT2D eigenvalue weighted by atomic mass is 9.85. The number of aryl methyl sites for hydroxylation is 1. The van der Waals surface area contributed by atoms with Gasteiger partial charge in [-0.2, -0.15) is 0 Å². The first-order valence-electron chi connectivity index (χ1n) is 16.6. The highest BCUT2D eigenvalue weighted by atomic mass is 16.6. The van der Waals surface area contributed by atoms with Crippen molar-refractivity contribution in [3.63, 3.8) is 0 Å². The van der Waals surface area contributed by atoms with Gasteiger partial charge in [-0.15, -0.1) is 0 Å². The first kappa shape index (κ1) is 39.1. The summed E-state index contributed by atoms with van der Waals surface area (Å²) in [4.78, 5) is 29.7. The number of allylic oxidation sites excluding steroid dienone is 5. The fourth-order valence-corrected chi connectivity index (χ4v) is 6.10. The Bertz CT molecular complexity index is 1390. The number of aromatic nitrogens is 1. The zero-order valence-electron chi connectivity index (χ0n) is 29.4. The van der Waals surface area contributed by atoms with Gasteiger partial charge in [-0.1, -0.05) is 37.3 Å². The van der Waals surface area contributed by atoms with E-state index in [1.165, 1.54) is 6.08 Å². The number of fused-ring (bicyclic) bond motifs is 1. The van der Waals surface area contributed by atoms with Crippen LogP contribution in [0.15, 0.2) is 63.9 Å². The minimum absolute atomic E-state index is 0.0740. The van der Waals surface area contributed by atoms with Crippen molar-refractivity contribution < 1.29 is 48.3 Å². The summed E-state index contributed by atoms with van der Waals surface area (Å²) in [5.41, 5.74) is 2.07. The molecule has 0 aromatic carbocycles. The van der Waals surface area contributed by atoms with Crippen LogP contribution in [0, 0.1) is 18.8 Å². The molecule has 3 N–H and O–H groups in total. The van der Waals surface area contributed by atoms with E-state index in [1.54, 1.807) is 53.2 Å². The number of rotatable bonds is 10. The van der Waals surface area contributed by atoms with Crippen molar-refractivity contribution >= 4 is 18.0 Å². The largest absolute Gasteiger partial charge is 0.466 e. The minimum atomic E-state index is -1.30. The Balaban J connectivity index is 1.85. The molecule has 266 valence electrons. The van der Waals surface area contributed by atoms with E-state index in [-0.39, 0.29) is 37.8 Å². The summed E-state index contributed by atoms with van der Waals surface area (Å²) in [5, 5.41) is 33.3. The number of aliphatic hydroxyl groups is 3. The highest BCUT2D eigenvalue weighted by Crippen LogP contribution is 2.43. The van der Waals surface area contributed by atoms with Crippen LogP contribution < -0.4 is 0 Å². The molecule has 0 amide bonds. The molecule has 2 aliphatic heterocycles. The van der Waals surface area contributed by atoms with Crippen LogP contribution in [0.5, 0.6) is 0 Å². The number of ether oxygens (including phenoxy) is 4. The van der Waals surface area contributed by atoms with E-state index >= 15 is 0 Å². The van der Waals surface area contributed by atoms with Gasteiger partial charge in [-0.05, 0) is 76.2 Å². The molecular weight excluding hydrogens is 618 g/mol. The highest BCUT2D eigenvalue weighted by molar-refractivity contribution is 5.82. The monoisotopic (exact) mass is 671 g/mol. The molecule has 9 atom stereocenters. The second-order valence-electron chi connectivity index (χ2n) is 13.1. The SMILES string of the molecule is CCOC(=O)CC1C/C=C\C(=O)OC(C(C)C(OC)\C(C)=C/C=C/C(C)=C/c2coc(C)n2)CC(O)C(O)C2(C)OC2/C=C(/C)C(O)C1. The summed E-state index contributed by atoms with van der Waals surface area (Å²) >= 11 is 0. The normalized spacial score (nSPS) is 32.5. The first-order chi connectivity index (χ1) is 22.7. The Kier molecular flexibility index (Phi) is 14.6. The Morgan fingerprint density at radius 2 is 1.94 bits per heavy atom. The van der Waals surface area contributed by atoms with Crippen molar-refractivity contribution in [2.24, 2.45) is 11.8 Å². The second kappa shape index (κ2) is 17.9. The van der Waals surface area contributed by atoms with E-state index in [4.69, 9.17) is 23.4 Å². The third kappa shape index (κ3) is 11.1. The lowest BCUT2D eigenvalue weighted by molar-refractivity contribution is -0.152. The molecular formula is C37H53NO10. The predicted molar refractivity (Wildman–Crippen MR) is 180 cm³/mol. The molecule has 1 aromatic rings. The van der Waals surface area contributed by atoms with Crippen LogP contribution in [-0.2, 0) is 28.5 Å². The van der Waals surface area contributed by atoms with Gasteiger partial charge in [0.05, 0.1) is 24.9 Å². The van der Waals surface area contributed by atoms with E-state index in [9.17, 15) is 24.9 Å². The average molecular weight is 672 g/mol. The van der Waals surface area contributed by atoms with Crippen LogP contribution in [-0.4, -0.2) is 88.2 Å². The average Bonchev–Trinajstić information content (AvgIpc) is 3.49. The Morgan fingerprint density at radius 1 is 1.21 bits per heavy atom. The lowest BCUT2D eigenvalue weighted by Crippen LogP contribution is -2.44. The number of aliphatic hydroxyl groups excluding tert-OH is 3. The van der Waals surface area contributed by atoms with Crippen molar-refractivity contribution in [2.45, 2.75) is 116 Å². The number of nitrogens with zero attached hydrogens (tertiary/aromatic N) is 1. The number of carbonyl (C=O) groups excluding carboxylic acids is 2. The van der Waals surface area contributed by atoms with Crippen LogP contribution >= 0.6 is 0 Å². The molecule has 2 aliphatic rings. The van der Waals surface area contributed by atoms with Gasteiger partial charge in [0.1, 0.15) is 35.9 Å². The third-order valence-corrected chi connectivity index (χ3v) is 9.06. The summed E-state index contributed by atoms with van der Waals surface area (Å²) < 4.78 is 28.0.